The summed E-state index contributed by atoms with van der Waals surface area (Å²) in [5, 5.41) is 7.69. The van der Waals surface area contributed by atoms with E-state index in [1.807, 2.05) is 13.0 Å². The Bertz CT molecular complexity index is 451. The van der Waals surface area contributed by atoms with Gasteiger partial charge in [-0.25, -0.2) is 4.98 Å². The normalized spacial score (nSPS) is 18.4. The fourth-order valence-electron chi connectivity index (χ4n) is 2.41. The largest absolute Gasteiger partial charge is 0.384 e. The number of hydrogen-bond donors (Lipinski definition) is 2. The molecule has 1 fully saturated rings. The lowest BCUT2D eigenvalue weighted by atomic mass is 9.93. The van der Waals surface area contributed by atoms with E-state index in [2.05, 4.69) is 23.7 Å². The molecule has 0 bridgehead atoms. The van der Waals surface area contributed by atoms with E-state index in [0.29, 0.717) is 5.41 Å². The molecule has 0 amide bonds. The molecule has 17 heavy (non-hydrogen) atoms. The minimum absolute atomic E-state index is 0.107. The molecule has 1 saturated heterocycles. The molecule has 0 spiro atoms. The van der Waals surface area contributed by atoms with Crippen molar-refractivity contribution in [1.29, 1.82) is 5.41 Å². The molecule has 4 nitrogen and oxygen atoms in total. The number of nitrogens with two attached hydrogens (primary N) is 1. The lowest BCUT2D eigenvalue weighted by molar-refractivity contribution is 0.418. The van der Waals surface area contributed by atoms with Gasteiger partial charge in [0.25, 0.3) is 0 Å². The van der Waals surface area contributed by atoms with Gasteiger partial charge in [0, 0.05) is 19.3 Å². The van der Waals surface area contributed by atoms with E-state index >= 15 is 0 Å². The van der Waals surface area contributed by atoms with Crippen molar-refractivity contribution in [3.63, 3.8) is 0 Å². The van der Waals surface area contributed by atoms with Gasteiger partial charge in [-0.15, -0.1) is 0 Å². The molecule has 0 saturated carbocycles. The zero-order valence-corrected chi connectivity index (χ0v) is 10.7. The molecule has 0 atom stereocenters. The maximum absolute atomic E-state index is 7.69. The average molecular weight is 232 g/mol. The first-order chi connectivity index (χ1) is 7.91. The summed E-state index contributed by atoms with van der Waals surface area (Å²) in [6, 6.07) is 1.90. The van der Waals surface area contributed by atoms with E-state index in [-0.39, 0.29) is 5.84 Å². The molecule has 1 aromatic heterocycles. The first-order valence-electron chi connectivity index (χ1n) is 5.96. The molecule has 0 unspecified atom stereocenters. The van der Waals surface area contributed by atoms with Gasteiger partial charge in [-0.2, -0.15) is 0 Å². The highest BCUT2D eigenvalue weighted by molar-refractivity contribution is 6.01. The van der Waals surface area contributed by atoms with Crippen LogP contribution in [0.4, 0.5) is 5.82 Å². The van der Waals surface area contributed by atoms with Crippen LogP contribution in [0.2, 0.25) is 0 Å². The van der Waals surface area contributed by atoms with Crippen LogP contribution in [0.3, 0.4) is 0 Å². The van der Waals surface area contributed by atoms with Crippen molar-refractivity contribution < 1.29 is 0 Å². The second kappa shape index (κ2) is 4.02. The molecule has 1 aliphatic heterocycles. The van der Waals surface area contributed by atoms with Crippen LogP contribution in [0.1, 0.15) is 31.4 Å². The van der Waals surface area contributed by atoms with Gasteiger partial charge in [-0.3, -0.25) is 5.41 Å². The van der Waals surface area contributed by atoms with Crippen LogP contribution < -0.4 is 10.6 Å². The topological polar surface area (TPSA) is 66.0 Å². The van der Waals surface area contributed by atoms with Crippen molar-refractivity contribution in [2.24, 2.45) is 11.1 Å². The number of anilines is 1. The smallest absolute Gasteiger partial charge is 0.139 e. The summed E-state index contributed by atoms with van der Waals surface area (Å²) in [6.07, 6.45) is 2.95. The van der Waals surface area contributed by atoms with Gasteiger partial charge in [0.1, 0.15) is 11.7 Å². The summed E-state index contributed by atoms with van der Waals surface area (Å²) in [6.45, 7) is 8.46. The van der Waals surface area contributed by atoms with Gasteiger partial charge in [0.05, 0.1) is 5.56 Å². The van der Waals surface area contributed by atoms with Gasteiger partial charge in [-0.1, -0.05) is 13.8 Å². The van der Waals surface area contributed by atoms with E-state index in [1.165, 1.54) is 0 Å². The standard InChI is InChI=1S/C13H20N4/c1-9-4-6-16-12(10(9)11(14)15)17-7-5-13(2,3)8-17/h4,6H,5,7-8H2,1-3H3,(H3,14,15). The van der Waals surface area contributed by atoms with Crippen LogP contribution in [0.5, 0.6) is 0 Å². The summed E-state index contributed by atoms with van der Waals surface area (Å²) in [5.74, 6) is 0.971. The maximum Gasteiger partial charge on any atom is 0.139 e. The lowest BCUT2D eigenvalue weighted by Crippen LogP contribution is -2.27. The van der Waals surface area contributed by atoms with Crippen molar-refractivity contribution in [2.45, 2.75) is 27.2 Å². The van der Waals surface area contributed by atoms with E-state index in [4.69, 9.17) is 11.1 Å². The summed E-state index contributed by atoms with van der Waals surface area (Å²) in [7, 11) is 0. The zero-order valence-electron chi connectivity index (χ0n) is 10.7. The molecule has 0 radical (unpaired) electrons. The van der Waals surface area contributed by atoms with Gasteiger partial charge < -0.3 is 10.6 Å². The van der Waals surface area contributed by atoms with Gasteiger partial charge in [0.15, 0.2) is 0 Å². The Hall–Kier alpha value is -1.58. The Morgan fingerprint density at radius 2 is 2.24 bits per heavy atom. The molecule has 2 heterocycles. The number of hydrogen-bond acceptors (Lipinski definition) is 3. The SMILES string of the molecule is Cc1ccnc(N2CCC(C)(C)C2)c1C(=N)N. The number of aryl methyl sites for hydroxylation is 1. The Kier molecular flexibility index (Phi) is 2.81. The van der Waals surface area contributed by atoms with Gasteiger partial charge in [-0.05, 0) is 30.4 Å². The summed E-state index contributed by atoms with van der Waals surface area (Å²) in [5.41, 5.74) is 7.79. The zero-order chi connectivity index (χ0) is 12.6. The van der Waals surface area contributed by atoms with Crippen LogP contribution in [0, 0.1) is 17.7 Å². The number of pyridine rings is 1. The highest BCUT2D eigenvalue weighted by Crippen LogP contribution is 2.33. The average Bonchev–Trinajstić information content (AvgIpc) is 2.57. The molecule has 2 rings (SSSR count). The third kappa shape index (κ3) is 2.25. The second-order valence-corrected chi connectivity index (χ2v) is 5.58. The molecule has 1 aliphatic rings. The summed E-state index contributed by atoms with van der Waals surface area (Å²) < 4.78 is 0. The molecule has 4 heteroatoms. The maximum atomic E-state index is 7.69. The first kappa shape index (κ1) is 11.9. The van der Waals surface area contributed by atoms with Crippen molar-refractivity contribution in [3.8, 4) is 0 Å². The number of amidine groups is 1. The summed E-state index contributed by atoms with van der Waals surface area (Å²) in [4.78, 5) is 6.65. The Labute approximate surface area is 102 Å². The monoisotopic (exact) mass is 232 g/mol. The molecular weight excluding hydrogens is 212 g/mol. The molecular formula is C13H20N4. The number of nitrogen functional groups attached to an aromatic ring is 1. The van der Waals surface area contributed by atoms with Crippen LogP contribution >= 0.6 is 0 Å². The fourth-order valence-corrected chi connectivity index (χ4v) is 2.41. The van der Waals surface area contributed by atoms with Crippen LogP contribution in [-0.4, -0.2) is 23.9 Å². The van der Waals surface area contributed by atoms with Crippen molar-refractivity contribution in [2.75, 3.05) is 18.0 Å². The van der Waals surface area contributed by atoms with Crippen molar-refractivity contribution >= 4 is 11.7 Å². The van der Waals surface area contributed by atoms with Gasteiger partial charge >= 0.3 is 0 Å². The highest BCUT2D eigenvalue weighted by atomic mass is 15.2. The van der Waals surface area contributed by atoms with E-state index in [0.717, 1.165) is 36.5 Å². The molecule has 0 aliphatic carbocycles. The number of nitrogens with one attached hydrogen (secondary N) is 1. The Morgan fingerprint density at radius 3 is 2.76 bits per heavy atom. The second-order valence-electron chi connectivity index (χ2n) is 5.58. The predicted molar refractivity (Wildman–Crippen MR) is 70.6 cm³/mol. The predicted octanol–water partition coefficient (Wildman–Crippen LogP) is 1.91. The van der Waals surface area contributed by atoms with Crippen LogP contribution in [0.25, 0.3) is 0 Å². The van der Waals surface area contributed by atoms with E-state index in [1.54, 1.807) is 6.20 Å². The molecule has 1 aromatic rings. The summed E-state index contributed by atoms with van der Waals surface area (Å²) >= 11 is 0. The molecule has 3 N–H and O–H groups in total. The van der Waals surface area contributed by atoms with E-state index in [9.17, 15) is 0 Å². The Balaban J connectivity index is 2.40. The third-order valence-corrected chi connectivity index (χ3v) is 3.39. The lowest BCUT2D eigenvalue weighted by Gasteiger charge is -2.23. The Morgan fingerprint density at radius 1 is 1.53 bits per heavy atom. The van der Waals surface area contributed by atoms with Crippen molar-refractivity contribution in [1.82, 2.24) is 4.98 Å². The quantitative estimate of drug-likeness (QED) is 0.604. The highest BCUT2D eigenvalue weighted by Gasteiger charge is 2.31. The number of aromatic nitrogens is 1. The molecule has 92 valence electrons. The minimum Gasteiger partial charge on any atom is -0.384 e. The fraction of sp³-hybridized carbons (Fsp3) is 0.538. The van der Waals surface area contributed by atoms with Crippen LogP contribution in [-0.2, 0) is 0 Å². The van der Waals surface area contributed by atoms with Crippen LogP contribution in [0.15, 0.2) is 12.3 Å². The minimum atomic E-state index is 0.107. The number of rotatable bonds is 2. The van der Waals surface area contributed by atoms with Gasteiger partial charge in [0.2, 0.25) is 0 Å². The first-order valence-corrected chi connectivity index (χ1v) is 5.96. The van der Waals surface area contributed by atoms with E-state index < -0.39 is 0 Å². The molecule has 0 aromatic carbocycles. The number of nitrogens with zero attached hydrogens (tertiary/aromatic N) is 2. The van der Waals surface area contributed by atoms with Crippen molar-refractivity contribution in [3.05, 3.63) is 23.4 Å². The third-order valence-electron chi connectivity index (χ3n) is 3.39.